The highest BCUT2D eigenvalue weighted by molar-refractivity contribution is 7.25. The van der Waals surface area contributed by atoms with Crippen LogP contribution < -0.4 is 0 Å². The third-order valence-electron chi connectivity index (χ3n) is 15.8. The first kappa shape index (κ1) is 55.4. The lowest BCUT2D eigenvalue weighted by molar-refractivity contribution is -0.166. The number of carbonyl (C=O) groups excluding carboxylic acids is 8. The second-order valence-electron chi connectivity index (χ2n) is 21.0. The molecular weight excluding hydrogens is 1140 g/mol. The molecule has 0 saturated carbocycles. The Hall–Kier alpha value is -10.8. The van der Waals surface area contributed by atoms with Crippen LogP contribution in [0.1, 0.15) is 76.4 Å². The Bertz CT molecular complexity index is 4260. The molecule has 4 aliphatic carbocycles. The quantitative estimate of drug-likeness (QED) is 0.0252. The Kier molecular flexibility index (Phi) is 13.8. The molecular formula is C70H40F4O12S. The molecule has 426 valence electrons. The number of Topliss-reactive ketones (excluding diaryl/α,β-unsaturated/α-hetero) is 4. The van der Waals surface area contributed by atoms with Gasteiger partial charge in [-0.25, -0.2) is 17.6 Å². The lowest BCUT2D eigenvalue weighted by Crippen LogP contribution is -2.46. The maximum atomic E-state index is 15.6. The van der Waals surface area contributed by atoms with Crippen LogP contribution >= 0.6 is 11.3 Å². The number of ketones is 4. The smallest absolute Gasteiger partial charge is 0.333 e. The van der Waals surface area contributed by atoms with Crippen LogP contribution in [-0.2, 0) is 85.0 Å². The number of ether oxygens (including phenoxy) is 4. The molecule has 13 rings (SSSR count). The van der Waals surface area contributed by atoms with Crippen molar-refractivity contribution in [1.29, 1.82) is 0 Å². The fourth-order valence-corrected chi connectivity index (χ4v) is 12.9. The van der Waals surface area contributed by atoms with Crippen molar-refractivity contribution in [1.82, 2.24) is 0 Å². The van der Waals surface area contributed by atoms with Gasteiger partial charge in [0, 0.05) is 54.6 Å². The number of carbonyl (C=O) groups is 8. The molecule has 0 unspecified atom stereocenters. The largest absolute Gasteiger partial charge is 0.459 e. The van der Waals surface area contributed by atoms with Gasteiger partial charge in [0.2, 0.25) is 34.0 Å². The van der Waals surface area contributed by atoms with Crippen molar-refractivity contribution in [2.24, 2.45) is 0 Å². The molecule has 12 nitrogen and oxygen atoms in total. The first-order chi connectivity index (χ1) is 42.1. The molecule has 0 fully saturated rings. The molecule has 0 atom stereocenters. The standard InChI is InChI=1S/C70H40F4O12S/c71-45-27-49-51(61(75)63(77)59(49)55(73)29-45)25-43-21-41-23-57-47(31-53(41)69(43,65(79)83-33-37-13-5-1-6-14-37)66(80)84-34-38-15-7-2-8-16-38)48-32-54-42(24-58(48)87-57)22-44(26-52-50-28-46(72)30-56(74)60(50)64(78)62(52)76)70(54,67(81)85-35-39-17-9-3-10-18-39)68(82)86-36-40-19-11-4-12-20-40/h1-32H,33-36H2/b51-25-,52-26-. The molecule has 0 amide bonds. The minimum Gasteiger partial charge on any atom is -0.459 e. The third kappa shape index (κ3) is 9.21. The molecule has 0 saturated heterocycles. The number of benzene rings is 8. The Labute approximate surface area is 494 Å². The van der Waals surface area contributed by atoms with Gasteiger partial charge in [-0.15, -0.1) is 11.3 Å². The second kappa shape index (κ2) is 21.7. The molecule has 0 spiro atoms. The Morgan fingerprint density at radius 3 is 1.02 bits per heavy atom. The number of hydrogen-bond acceptors (Lipinski definition) is 13. The second-order valence-corrected chi connectivity index (χ2v) is 22.1. The zero-order valence-electron chi connectivity index (χ0n) is 45.1. The average Bonchev–Trinajstić information content (AvgIpc) is 2.39. The van der Waals surface area contributed by atoms with Gasteiger partial charge in [0.1, 0.15) is 49.7 Å². The molecule has 0 N–H and O–H groups in total. The van der Waals surface area contributed by atoms with E-state index in [1.54, 1.807) is 133 Å². The predicted molar refractivity (Wildman–Crippen MR) is 311 cm³/mol. The zero-order valence-corrected chi connectivity index (χ0v) is 45.9. The van der Waals surface area contributed by atoms with E-state index >= 15 is 36.7 Å². The van der Waals surface area contributed by atoms with Gasteiger partial charge >= 0.3 is 23.9 Å². The van der Waals surface area contributed by atoms with Crippen LogP contribution in [0.2, 0.25) is 0 Å². The van der Waals surface area contributed by atoms with Gasteiger partial charge in [0.15, 0.2) is 0 Å². The van der Waals surface area contributed by atoms with Crippen molar-refractivity contribution < 1.29 is 74.9 Å². The topological polar surface area (TPSA) is 173 Å². The highest BCUT2D eigenvalue weighted by atomic mass is 32.1. The Morgan fingerprint density at radius 1 is 0.402 bits per heavy atom. The summed E-state index contributed by atoms with van der Waals surface area (Å²) in [5.74, 6) is -14.8. The SMILES string of the molecule is O=C1C(=O)c2c(F)cc(F)cc2/C1=C/C1=Cc2cc3sc4cc5c(cc4c3cc2C1(C(=O)OCc1ccccc1)C(=O)OCc1ccccc1)C(C(=O)OCc1ccccc1)(C(=O)OCc1ccccc1)C(/C=C1\C(=O)C(=O)c2c(F)cc(F)cc21)=C5. The molecule has 17 heteroatoms. The van der Waals surface area contributed by atoms with Crippen molar-refractivity contribution in [3.8, 4) is 0 Å². The van der Waals surface area contributed by atoms with E-state index in [1.807, 2.05) is 0 Å². The minimum atomic E-state index is -2.67. The highest BCUT2D eigenvalue weighted by Gasteiger charge is 2.59. The molecule has 8 aromatic carbocycles. The van der Waals surface area contributed by atoms with Crippen LogP contribution in [0.4, 0.5) is 17.6 Å². The van der Waals surface area contributed by atoms with E-state index in [2.05, 4.69) is 0 Å². The number of thiophene rings is 1. The molecule has 1 aromatic heterocycles. The van der Waals surface area contributed by atoms with Crippen molar-refractivity contribution in [2.75, 3.05) is 0 Å². The van der Waals surface area contributed by atoms with Gasteiger partial charge in [-0.3, -0.25) is 38.4 Å². The Morgan fingerprint density at radius 2 is 0.713 bits per heavy atom. The zero-order chi connectivity index (χ0) is 60.5. The van der Waals surface area contributed by atoms with E-state index in [4.69, 9.17) is 18.9 Å². The summed E-state index contributed by atoms with van der Waals surface area (Å²) in [6, 6.07) is 42.8. The van der Waals surface area contributed by atoms with E-state index < -0.39 is 115 Å². The van der Waals surface area contributed by atoms with Gasteiger partial charge in [-0.05, 0) is 116 Å². The minimum absolute atomic E-state index is 0.0671. The maximum Gasteiger partial charge on any atom is 0.333 e. The number of allylic oxidation sites excluding steroid dienone is 4. The van der Waals surface area contributed by atoms with Crippen molar-refractivity contribution in [3.05, 3.63) is 283 Å². The van der Waals surface area contributed by atoms with Gasteiger partial charge in [0.05, 0.1) is 11.1 Å². The normalized spacial score (nSPS) is 16.0. The summed E-state index contributed by atoms with van der Waals surface area (Å²) in [7, 11) is 0. The van der Waals surface area contributed by atoms with E-state index in [0.717, 1.165) is 24.3 Å². The van der Waals surface area contributed by atoms with E-state index in [1.165, 1.54) is 35.6 Å². The average molecular weight is 1180 g/mol. The molecule has 9 aromatic rings. The number of hydrogen-bond donors (Lipinski definition) is 0. The lowest BCUT2D eigenvalue weighted by atomic mass is 9.75. The fourth-order valence-electron chi connectivity index (χ4n) is 11.7. The van der Waals surface area contributed by atoms with Crippen molar-refractivity contribution in [3.63, 3.8) is 0 Å². The number of halogens is 4. The Balaban J connectivity index is 1.04. The molecule has 87 heavy (non-hydrogen) atoms. The first-order valence-corrected chi connectivity index (χ1v) is 27.8. The van der Waals surface area contributed by atoms with Gasteiger partial charge in [-0.1, -0.05) is 121 Å². The predicted octanol–water partition coefficient (Wildman–Crippen LogP) is 12.6. The molecule has 0 aliphatic heterocycles. The number of rotatable bonds is 14. The molecule has 0 radical (unpaired) electrons. The van der Waals surface area contributed by atoms with Crippen LogP contribution in [0.25, 0.3) is 43.5 Å². The molecule has 1 heterocycles. The summed E-state index contributed by atoms with van der Waals surface area (Å²) in [5.41, 5.74) is -6.86. The van der Waals surface area contributed by atoms with Gasteiger partial charge < -0.3 is 18.9 Å². The van der Waals surface area contributed by atoms with Crippen LogP contribution in [0, 0.1) is 23.3 Å². The maximum absolute atomic E-state index is 15.6. The summed E-state index contributed by atoms with van der Waals surface area (Å²) in [4.78, 5) is 117. The summed E-state index contributed by atoms with van der Waals surface area (Å²) in [6.45, 7) is -1.55. The van der Waals surface area contributed by atoms with Gasteiger partial charge in [-0.2, -0.15) is 0 Å². The van der Waals surface area contributed by atoms with E-state index in [0.29, 0.717) is 54.6 Å². The van der Waals surface area contributed by atoms with Crippen LogP contribution in [0.15, 0.2) is 193 Å². The summed E-state index contributed by atoms with van der Waals surface area (Å²) in [5, 5.41) is 0.619. The van der Waals surface area contributed by atoms with Crippen molar-refractivity contribution >= 4 is 102 Å². The van der Waals surface area contributed by atoms with Crippen LogP contribution in [0.3, 0.4) is 0 Å². The lowest BCUT2D eigenvalue weighted by Gasteiger charge is -2.29. The summed E-state index contributed by atoms with van der Waals surface area (Å²) < 4.78 is 86.2. The summed E-state index contributed by atoms with van der Waals surface area (Å²) in [6.07, 6.45) is 4.93. The van der Waals surface area contributed by atoms with E-state index in [9.17, 15) is 19.2 Å². The van der Waals surface area contributed by atoms with Crippen LogP contribution in [0.5, 0.6) is 0 Å². The summed E-state index contributed by atoms with van der Waals surface area (Å²) >= 11 is 1.20. The number of esters is 4. The number of fused-ring (bicyclic) bond motifs is 7. The highest BCUT2D eigenvalue weighted by Crippen LogP contribution is 2.53. The molecule has 4 aliphatic rings. The van der Waals surface area contributed by atoms with Gasteiger partial charge in [0.25, 0.3) is 0 Å². The first-order valence-electron chi connectivity index (χ1n) is 27.0. The fraction of sp³-hybridized carbons (Fsp3) is 0.0857. The molecule has 0 bridgehead atoms. The third-order valence-corrected chi connectivity index (χ3v) is 16.9. The monoisotopic (exact) mass is 1180 g/mol. The van der Waals surface area contributed by atoms with Crippen LogP contribution in [-0.4, -0.2) is 47.0 Å². The van der Waals surface area contributed by atoms with Crippen molar-refractivity contribution in [2.45, 2.75) is 37.3 Å². The van der Waals surface area contributed by atoms with E-state index in [-0.39, 0.29) is 59.8 Å².